The summed E-state index contributed by atoms with van der Waals surface area (Å²) in [5.74, 6) is 0.212. The number of hydrogen-bond donors (Lipinski definition) is 0. The molecule has 0 aromatic carbocycles. The zero-order valence-corrected chi connectivity index (χ0v) is 7.93. The Bertz CT molecular complexity index is 259. The van der Waals surface area contributed by atoms with E-state index in [-0.39, 0.29) is 5.78 Å². The van der Waals surface area contributed by atoms with Gasteiger partial charge < -0.3 is 0 Å². The first-order valence-electron chi connectivity index (χ1n) is 4.06. The summed E-state index contributed by atoms with van der Waals surface area (Å²) in [4.78, 5) is 11.1. The van der Waals surface area contributed by atoms with Crippen molar-refractivity contribution in [3.05, 3.63) is 28.5 Å². The Kier molecular flexibility index (Phi) is 3.74. The van der Waals surface area contributed by atoms with E-state index in [0.717, 1.165) is 12.0 Å². The van der Waals surface area contributed by atoms with Gasteiger partial charge in [0, 0.05) is 6.42 Å². The van der Waals surface area contributed by atoms with Crippen molar-refractivity contribution >= 4 is 23.2 Å². The molecule has 0 spiro atoms. The Morgan fingerprint density at radius 2 is 2.50 bits per heavy atom. The minimum Gasteiger partial charge on any atom is -0.295 e. The molecule has 0 atom stereocenters. The summed E-state index contributed by atoms with van der Waals surface area (Å²) < 4.78 is 0. The molecule has 0 aliphatic heterocycles. The van der Waals surface area contributed by atoms with Gasteiger partial charge in [0.2, 0.25) is 0 Å². The van der Waals surface area contributed by atoms with E-state index in [4.69, 9.17) is 0 Å². The molecule has 0 saturated heterocycles. The largest absolute Gasteiger partial charge is 0.295 e. The van der Waals surface area contributed by atoms with E-state index in [1.165, 1.54) is 0 Å². The second-order valence-corrected chi connectivity index (χ2v) is 3.39. The second-order valence-electron chi connectivity index (χ2n) is 2.61. The molecule has 1 heterocycles. The molecular formula is C10H12OS. The molecule has 0 N–H and O–H groups in total. The summed E-state index contributed by atoms with van der Waals surface area (Å²) in [7, 11) is 0. The molecule has 0 aliphatic rings. The summed E-state index contributed by atoms with van der Waals surface area (Å²) in [5.41, 5.74) is 1.12. The molecule has 0 aliphatic carbocycles. The minimum absolute atomic E-state index is 0.212. The van der Waals surface area contributed by atoms with Crippen molar-refractivity contribution in [2.24, 2.45) is 0 Å². The zero-order chi connectivity index (χ0) is 8.81. The lowest BCUT2D eigenvalue weighted by molar-refractivity contribution is -0.114. The normalized spacial score (nSPS) is 10.8. The molecule has 0 fully saturated rings. The van der Waals surface area contributed by atoms with E-state index >= 15 is 0 Å². The van der Waals surface area contributed by atoms with Gasteiger partial charge in [-0.25, -0.2) is 0 Å². The van der Waals surface area contributed by atoms with Crippen molar-refractivity contribution in [2.75, 3.05) is 0 Å². The average molecular weight is 180 g/mol. The molecular weight excluding hydrogens is 168 g/mol. The zero-order valence-electron chi connectivity index (χ0n) is 7.12. The summed E-state index contributed by atoms with van der Waals surface area (Å²) in [6.45, 7) is 2.01. The maximum Gasteiger partial charge on any atom is 0.155 e. The van der Waals surface area contributed by atoms with Crippen molar-refractivity contribution in [2.45, 2.75) is 19.8 Å². The number of hydrogen-bond acceptors (Lipinski definition) is 2. The van der Waals surface area contributed by atoms with E-state index in [0.29, 0.717) is 6.42 Å². The van der Waals surface area contributed by atoms with Crippen molar-refractivity contribution < 1.29 is 4.79 Å². The van der Waals surface area contributed by atoms with Gasteiger partial charge in [-0.2, -0.15) is 11.3 Å². The van der Waals surface area contributed by atoms with Crippen LogP contribution in [-0.2, 0) is 4.79 Å². The highest BCUT2D eigenvalue weighted by Crippen LogP contribution is 2.07. The maximum absolute atomic E-state index is 11.1. The molecule has 0 unspecified atom stereocenters. The van der Waals surface area contributed by atoms with Crippen LogP contribution < -0.4 is 0 Å². The van der Waals surface area contributed by atoms with Gasteiger partial charge in [-0.15, -0.1) is 0 Å². The first kappa shape index (κ1) is 9.20. The molecule has 64 valence electrons. The molecule has 12 heavy (non-hydrogen) atoms. The van der Waals surface area contributed by atoms with Crippen LogP contribution >= 0.6 is 11.3 Å². The molecule has 0 bridgehead atoms. The van der Waals surface area contributed by atoms with E-state index < -0.39 is 0 Å². The third-order valence-electron chi connectivity index (χ3n) is 1.50. The monoisotopic (exact) mass is 180 g/mol. The number of carbonyl (C=O) groups is 1. The third kappa shape index (κ3) is 3.01. The van der Waals surface area contributed by atoms with Gasteiger partial charge in [-0.1, -0.05) is 13.0 Å². The van der Waals surface area contributed by atoms with Gasteiger partial charge in [0.1, 0.15) is 0 Å². The lowest BCUT2D eigenvalue weighted by Gasteiger charge is -1.87. The number of carbonyl (C=O) groups excluding carboxylic acids is 1. The van der Waals surface area contributed by atoms with Crippen LogP contribution in [0.5, 0.6) is 0 Å². The standard InChI is InChI=1S/C10H12OS/c1-2-3-10(11)5-4-9-6-7-12-8-9/h4-8H,2-3H2,1H3/b5-4+. The average Bonchev–Trinajstić information content (AvgIpc) is 2.53. The van der Waals surface area contributed by atoms with E-state index in [9.17, 15) is 4.79 Å². The van der Waals surface area contributed by atoms with E-state index in [1.54, 1.807) is 17.4 Å². The van der Waals surface area contributed by atoms with Gasteiger partial charge >= 0.3 is 0 Å². The first-order valence-corrected chi connectivity index (χ1v) is 5.00. The molecule has 2 heteroatoms. The predicted molar refractivity (Wildman–Crippen MR) is 53.3 cm³/mol. The fourth-order valence-electron chi connectivity index (χ4n) is 0.889. The second kappa shape index (κ2) is 4.88. The van der Waals surface area contributed by atoms with E-state index in [2.05, 4.69) is 0 Å². The quantitative estimate of drug-likeness (QED) is 0.650. The van der Waals surface area contributed by atoms with Gasteiger partial charge in [-0.3, -0.25) is 4.79 Å². The Labute approximate surface area is 76.7 Å². The fourth-order valence-corrected chi connectivity index (χ4v) is 1.52. The molecule has 0 radical (unpaired) electrons. The van der Waals surface area contributed by atoms with Crippen LogP contribution in [-0.4, -0.2) is 5.78 Å². The number of thiophene rings is 1. The Balaban J connectivity index is 2.45. The Morgan fingerprint density at radius 3 is 3.08 bits per heavy atom. The highest BCUT2D eigenvalue weighted by molar-refractivity contribution is 7.08. The van der Waals surface area contributed by atoms with Crippen molar-refractivity contribution in [3.63, 3.8) is 0 Å². The molecule has 1 aromatic rings. The van der Waals surface area contributed by atoms with Gasteiger partial charge in [0.05, 0.1) is 0 Å². The van der Waals surface area contributed by atoms with Crippen LogP contribution in [0, 0.1) is 0 Å². The van der Waals surface area contributed by atoms with Crippen molar-refractivity contribution in [3.8, 4) is 0 Å². The van der Waals surface area contributed by atoms with Crippen LogP contribution in [0.2, 0.25) is 0 Å². The highest BCUT2D eigenvalue weighted by Gasteiger charge is 1.92. The van der Waals surface area contributed by atoms with Crippen molar-refractivity contribution in [1.82, 2.24) is 0 Å². The van der Waals surface area contributed by atoms with Crippen LogP contribution in [0.3, 0.4) is 0 Å². The Morgan fingerprint density at radius 1 is 1.67 bits per heavy atom. The molecule has 0 amide bonds. The van der Waals surface area contributed by atoms with Gasteiger partial charge in [0.25, 0.3) is 0 Å². The van der Waals surface area contributed by atoms with Gasteiger partial charge in [-0.05, 0) is 34.9 Å². The number of allylic oxidation sites excluding steroid dienone is 1. The lowest BCUT2D eigenvalue weighted by atomic mass is 10.2. The molecule has 1 nitrogen and oxygen atoms in total. The highest BCUT2D eigenvalue weighted by atomic mass is 32.1. The molecule has 0 saturated carbocycles. The van der Waals surface area contributed by atoms with Crippen LogP contribution in [0.15, 0.2) is 22.9 Å². The minimum atomic E-state index is 0.212. The fraction of sp³-hybridized carbons (Fsp3) is 0.300. The van der Waals surface area contributed by atoms with E-state index in [1.807, 2.05) is 29.8 Å². The lowest BCUT2D eigenvalue weighted by Crippen LogP contribution is -1.89. The summed E-state index contributed by atoms with van der Waals surface area (Å²) in [6.07, 6.45) is 5.10. The first-order chi connectivity index (χ1) is 5.83. The summed E-state index contributed by atoms with van der Waals surface area (Å²) >= 11 is 1.64. The molecule has 1 aromatic heterocycles. The van der Waals surface area contributed by atoms with Crippen molar-refractivity contribution in [1.29, 1.82) is 0 Å². The number of ketones is 1. The van der Waals surface area contributed by atoms with Crippen LogP contribution in [0.4, 0.5) is 0 Å². The van der Waals surface area contributed by atoms with Crippen LogP contribution in [0.25, 0.3) is 6.08 Å². The number of rotatable bonds is 4. The molecule has 1 rings (SSSR count). The maximum atomic E-state index is 11.1. The summed E-state index contributed by atoms with van der Waals surface area (Å²) in [5, 5.41) is 4.03. The smallest absolute Gasteiger partial charge is 0.155 e. The SMILES string of the molecule is CCCC(=O)/C=C/c1ccsc1. The third-order valence-corrected chi connectivity index (χ3v) is 2.20. The predicted octanol–water partition coefficient (Wildman–Crippen LogP) is 3.13. The van der Waals surface area contributed by atoms with Crippen LogP contribution in [0.1, 0.15) is 25.3 Å². The summed E-state index contributed by atoms with van der Waals surface area (Å²) in [6, 6.07) is 2.00. The topological polar surface area (TPSA) is 17.1 Å². The van der Waals surface area contributed by atoms with Gasteiger partial charge in [0.15, 0.2) is 5.78 Å². The Hall–Kier alpha value is -0.890.